The Hall–Kier alpha value is -1.15. The van der Waals surface area contributed by atoms with Gasteiger partial charge in [0.05, 0.1) is 54.4 Å². The summed E-state index contributed by atoms with van der Waals surface area (Å²) in [5.41, 5.74) is -0.464. The highest BCUT2D eigenvalue weighted by Gasteiger charge is 2.54. The number of esters is 1. The van der Waals surface area contributed by atoms with Gasteiger partial charge in [-0.25, -0.2) is 4.79 Å². The van der Waals surface area contributed by atoms with Crippen LogP contribution >= 0.6 is 0 Å². The smallest absolute Gasteiger partial charge is 0.333 e. The van der Waals surface area contributed by atoms with E-state index in [1.54, 1.807) is 19.9 Å². The highest BCUT2D eigenvalue weighted by atomic mass is 28.4. The van der Waals surface area contributed by atoms with Gasteiger partial charge >= 0.3 is 5.97 Å². The predicted octanol–water partition coefficient (Wildman–Crippen LogP) is 7.14. The van der Waals surface area contributed by atoms with Crippen LogP contribution in [0.3, 0.4) is 0 Å². The fourth-order valence-electron chi connectivity index (χ4n) is 7.20. The zero-order valence-corrected chi connectivity index (χ0v) is 31.5. The summed E-state index contributed by atoms with van der Waals surface area (Å²) in [6.07, 6.45) is 8.89. The van der Waals surface area contributed by atoms with Gasteiger partial charge in [0.15, 0.2) is 22.4 Å². The monoisotopic (exact) mass is 652 g/mol. The van der Waals surface area contributed by atoms with Crippen LogP contribution in [-0.2, 0) is 37.4 Å². The highest BCUT2D eigenvalue weighted by molar-refractivity contribution is 6.70. The number of hydrogen-bond donors (Lipinski definition) is 0. The van der Waals surface area contributed by atoms with Crippen molar-refractivity contribution < 1.29 is 37.4 Å². The Morgan fingerprint density at radius 2 is 1.48 bits per heavy atom. The van der Waals surface area contributed by atoms with Crippen molar-refractivity contribution in [2.75, 3.05) is 6.61 Å². The van der Waals surface area contributed by atoms with Crippen molar-refractivity contribution in [3.63, 3.8) is 0 Å². The highest BCUT2D eigenvalue weighted by Crippen LogP contribution is 2.45. The molecule has 0 aliphatic carbocycles. The molecule has 0 spiro atoms. The molecule has 10 heteroatoms. The van der Waals surface area contributed by atoms with Gasteiger partial charge in [-0.15, -0.1) is 0 Å². The number of hydrogen-bond acceptors (Lipinski definition) is 8. The van der Waals surface area contributed by atoms with Crippen LogP contribution in [0.5, 0.6) is 0 Å². The molecule has 0 bridgehead atoms. The summed E-state index contributed by atoms with van der Waals surface area (Å²) in [5, 5.41) is 0. The lowest BCUT2D eigenvalue weighted by Gasteiger charge is -2.50. The number of carbonyl (C=O) groups excluding carboxylic acids is 2. The maximum Gasteiger partial charge on any atom is 0.333 e. The van der Waals surface area contributed by atoms with Gasteiger partial charge in [0.2, 0.25) is 0 Å². The minimum atomic E-state index is -1.94. The van der Waals surface area contributed by atoms with Crippen LogP contribution in [0.2, 0.25) is 39.3 Å². The SMILES string of the molecule is CCOC(=O)/C(C)=C/C[C@@H]1O[C@@H]2[C@H](C)C[C@@H]3O[C@H](C/C=C/C(C)=O)[C@@](C)(O[Si](C)(C)C)C[C@H]3O[C@H]2CC[C@@]1(C)O[Si](C)(C)C. The third-order valence-corrected chi connectivity index (χ3v) is 11.0. The molecular weight excluding hydrogens is 593 g/mol. The van der Waals surface area contributed by atoms with Crippen molar-refractivity contribution >= 4 is 28.4 Å². The zero-order chi connectivity index (χ0) is 33.1. The van der Waals surface area contributed by atoms with Crippen molar-refractivity contribution in [1.82, 2.24) is 0 Å². The van der Waals surface area contributed by atoms with Gasteiger partial charge in [-0.2, -0.15) is 0 Å². The van der Waals surface area contributed by atoms with Crippen molar-refractivity contribution in [1.29, 1.82) is 0 Å². The summed E-state index contributed by atoms with van der Waals surface area (Å²) in [7, 11) is -3.87. The molecule has 0 unspecified atom stereocenters. The molecule has 252 valence electrons. The van der Waals surface area contributed by atoms with Crippen LogP contribution in [0.4, 0.5) is 0 Å². The maximum atomic E-state index is 12.4. The first-order valence-electron chi connectivity index (χ1n) is 16.6. The average molecular weight is 653 g/mol. The van der Waals surface area contributed by atoms with E-state index in [-0.39, 0.29) is 54.3 Å². The summed E-state index contributed by atoms with van der Waals surface area (Å²) < 4.78 is 39.9. The quantitative estimate of drug-likeness (QED) is 0.132. The third kappa shape index (κ3) is 10.2. The largest absolute Gasteiger partial charge is 0.463 e. The predicted molar refractivity (Wildman–Crippen MR) is 179 cm³/mol. The molecule has 3 rings (SSSR count). The van der Waals surface area contributed by atoms with Gasteiger partial charge in [0, 0.05) is 12.0 Å². The number of fused-ring (bicyclic) bond motifs is 2. The van der Waals surface area contributed by atoms with Crippen molar-refractivity contribution in [3.05, 3.63) is 23.8 Å². The molecule has 3 saturated heterocycles. The number of ether oxygens (including phenoxy) is 4. The minimum Gasteiger partial charge on any atom is -0.463 e. The van der Waals surface area contributed by atoms with Crippen LogP contribution in [0.25, 0.3) is 0 Å². The van der Waals surface area contributed by atoms with Gasteiger partial charge in [-0.1, -0.05) is 19.1 Å². The summed E-state index contributed by atoms with van der Waals surface area (Å²) in [6.45, 7) is 25.3. The van der Waals surface area contributed by atoms with E-state index >= 15 is 0 Å². The number of allylic oxidation sites excluding steroid dienone is 1. The van der Waals surface area contributed by atoms with Crippen LogP contribution in [0.1, 0.15) is 80.1 Å². The maximum absolute atomic E-state index is 12.4. The van der Waals surface area contributed by atoms with E-state index in [1.165, 1.54) is 0 Å². The molecule has 0 radical (unpaired) electrons. The van der Waals surface area contributed by atoms with Crippen LogP contribution < -0.4 is 0 Å². The van der Waals surface area contributed by atoms with Gasteiger partial charge < -0.3 is 27.8 Å². The molecular formula is C34H60O8Si2. The Morgan fingerprint density at radius 3 is 2.07 bits per heavy atom. The lowest BCUT2D eigenvalue weighted by Crippen LogP contribution is -2.59. The van der Waals surface area contributed by atoms with E-state index in [0.717, 1.165) is 25.7 Å². The molecule has 0 amide bonds. The molecule has 0 aromatic carbocycles. The standard InChI is InChI=1S/C34H60O8Si2/c1-13-37-32(36)23(2)17-18-30-33(5,41-43(7,8)9)20-19-26-31(40-30)24(3)21-27-28(38-26)22-34(6,42-44(10,11)12)29(39-27)16-14-15-25(4)35/h14-15,17,24,26-31H,13,16,18-22H2,1-12H3/b15-14+,23-17+/t24-,26+,27+,28-,29-,30+,31-,33-,34+/m1/s1. The Labute approximate surface area is 268 Å². The van der Waals surface area contributed by atoms with Gasteiger partial charge in [0.1, 0.15) is 0 Å². The number of ketones is 1. The molecule has 0 saturated carbocycles. The van der Waals surface area contributed by atoms with Crippen molar-refractivity contribution in [2.45, 2.75) is 167 Å². The first-order valence-corrected chi connectivity index (χ1v) is 23.4. The van der Waals surface area contributed by atoms with Gasteiger partial charge in [-0.05, 0) is 118 Å². The Kier molecular flexibility index (Phi) is 12.5. The summed E-state index contributed by atoms with van der Waals surface area (Å²) >= 11 is 0. The molecule has 0 aromatic rings. The number of rotatable bonds is 11. The number of carbonyl (C=O) groups is 2. The van der Waals surface area contributed by atoms with E-state index in [1.807, 2.05) is 19.1 Å². The van der Waals surface area contributed by atoms with Crippen LogP contribution in [0.15, 0.2) is 23.8 Å². The van der Waals surface area contributed by atoms with E-state index in [4.69, 9.17) is 27.8 Å². The Morgan fingerprint density at radius 1 is 0.864 bits per heavy atom. The average Bonchev–Trinajstić information content (AvgIpc) is 3.06. The molecule has 0 aromatic heterocycles. The van der Waals surface area contributed by atoms with E-state index in [2.05, 4.69) is 60.1 Å². The van der Waals surface area contributed by atoms with Crippen LogP contribution in [-0.4, -0.2) is 82.8 Å². The molecule has 3 heterocycles. The summed E-state index contributed by atoms with van der Waals surface area (Å²) in [6, 6.07) is 0. The second-order valence-corrected chi connectivity index (χ2v) is 24.4. The molecule has 8 nitrogen and oxygen atoms in total. The van der Waals surface area contributed by atoms with Gasteiger partial charge in [0.25, 0.3) is 0 Å². The second kappa shape index (κ2) is 14.7. The fourth-order valence-corrected chi connectivity index (χ4v) is 10.4. The molecule has 9 atom stereocenters. The normalized spacial score (nSPS) is 37.1. The van der Waals surface area contributed by atoms with Crippen molar-refractivity contribution in [3.8, 4) is 0 Å². The zero-order valence-electron chi connectivity index (χ0n) is 29.5. The van der Waals surface area contributed by atoms with Crippen molar-refractivity contribution in [2.24, 2.45) is 5.92 Å². The Bertz CT molecular complexity index is 1060. The molecule has 3 aliphatic rings. The van der Waals surface area contributed by atoms with E-state index in [0.29, 0.717) is 25.0 Å². The molecule has 3 aliphatic heterocycles. The fraction of sp³-hybridized carbons (Fsp3) is 0.824. The van der Waals surface area contributed by atoms with E-state index in [9.17, 15) is 9.59 Å². The first-order chi connectivity index (χ1) is 20.2. The summed E-state index contributed by atoms with van der Waals surface area (Å²) in [4.78, 5) is 24.0. The lowest BCUT2D eigenvalue weighted by atomic mass is 9.83. The first kappa shape index (κ1) is 37.3. The topological polar surface area (TPSA) is 89.5 Å². The molecule has 0 N–H and O–H groups in total. The summed E-state index contributed by atoms with van der Waals surface area (Å²) in [5.74, 6) is -0.0878. The minimum absolute atomic E-state index is 0.0298. The van der Waals surface area contributed by atoms with Crippen LogP contribution in [0, 0.1) is 5.92 Å². The Balaban J connectivity index is 1.91. The molecule has 44 heavy (non-hydrogen) atoms. The second-order valence-electron chi connectivity index (χ2n) is 15.6. The lowest BCUT2D eigenvalue weighted by molar-refractivity contribution is -0.222. The third-order valence-electron chi connectivity index (χ3n) is 8.87. The van der Waals surface area contributed by atoms with Gasteiger partial charge in [-0.3, -0.25) is 4.79 Å². The molecule has 3 fully saturated rings. The van der Waals surface area contributed by atoms with E-state index < -0.39 is 27.8 Å².